The summed E-state index contributed by atoms with van der Waals surface area (Å²) >= 11 is 1.29. The number of carbonyl (C=O) groups excluding carboxylic acids is 3. The van der Waals surface area contributed by atoms with Gasteiger partial charge in [-0.15, -0.1) is 11.3 Å². The normalized spacial score (nSPS) is 17.8. The molecule has 3 heterocycles. The minimum absolute atomic E-state index is 0.159. The summed E-state index contributed by atoms with van der Waals surface area (Å²) in [6.45, 7) is 3.55. The summed E-state index contributed by atoms with van der Waals surface area (Å²) in [4.78, 5) is 44.7. The van der Waals surface area contributed by atoms with Gasteiger partial charge in [0.15, 0.2) is 17.3 Å². The molecule has 11 nitrogen and oxygen atoms in total. The minimum atomic E-state index is -1.94. The van der Waals surface area contributed by atoms with Crippen LogP contribution in [0.25, 0.3) is 5.69 Å². The molecule has 0 saturated carbocycles. The van der Waals surface area contributed by atoms with E-state index in [0.717, 1.165) is 11.3 Å². The lowest BCUT2D eigenvalue weighted by Crippen LogP contribution is -2.51. The predicted molar refractivity (Wildman–Crippen MR) is 137 cm³/mol. The summed E-state index contributed by atoms with van der Waals surface area (Å²) in [6, 6.07) is 8.30. The number of nitrogens with one attached hydrogen (secondary N) is 1. The van der Waals surface area contributed by atoms with Gasteiger partial charge in [0.25, 0.3) is 11.8 Å². The third-order valence-electron chi connectivity index (χ3n) is 6.49. The Morgan fingerprint density at radius 2 is 1.92 bits per heavy atom. The Labute approximate surface area is 218 Å². The highest BCUT2D eigenvalue weighted by atomic mass is 32.1. The second-order valence-electron chi connectivity index (χ2n) is 8.98. The number of aliphatic hydroxyl groups is 2. The number of amides is 3. The van der Waals surface area contributed by atoms with E-state index in [1.165, 1.54) is 28.1 Å². The van der Waals surface area contributed by atoms with Gasteiger partial charge in [-0.2, -0.15) is 5.10 Å². The molecule has 196 valence electrons. The zero-order valence-electron chi connectivity index (χ0n) is 20.8. The molecule has 0 spiro atoms. The van der Waals surface area contributed by atoms with Crippen molar-refractivity contribution in [2.45, 2.75) is 51.0 Å². The van der Waals surface area contributed by atoms with E-state index >= 15 is 0 Å². The van der Waals surface area contributed by atoms with Crippen molar-refractivity contribution in [2.24, 2.45) is 0 Å². The first-order valence-corrected chi connectivity index (χ1v) is 12.8. The highest BCUT2D eigenvalue weighted by molar-refractivity contribution is 7.14. The first-order valence-electron chi connectivity index (χ1n) is 11.9. The predicted octanol–water partition coefficient (Wildman–Crippen LogP) is 1.57. The van der Waals surface area contributed by atoms with Gasteiger partial charge in [0.2, 0.25) is 5.91 Å². The third-order valence-corrected chi connectivity index (χ3v) is 7.42. The standard InChI is InChI=1S/C25H30N6O5S/c1-15(17-7-9-18(10-8-17)31-13-5-11-26-31)27-23(35)21(33)22(34)24(36)30-12-4-6-20(30)19-14-37-25(28-19)29(3)16(2)32/h5,7-11,13-15,20-22,33-34H,4,6,12H2,1-3H3,(H,27,35)/t15-,20-,21-,22-/m1/s1. The number of likely N-dealkylation sites (tertiary alicyclic amines) is 1. The van der Waals surface area contributed by atoms with Crippen LogP contribution in [0.2, 0.25) is 0 Å². The maximum absolute atomic E-state index is 13.1. The monoisotopic (exact) mass is 526 g/mol. The lowest BCUT2D eigenvalue weighted by molar-refractivity contribution is -0.154. The first-order chi connectivity index (χ1) is 17.7. The van der Waals surface area contributed by atoms with E-state index in [0.29, 0.717) is 30.2 Å². The molecule has 0 unspecified atom stereocenters. The second-order valence-corrected chi connectivity index (χ2v) is 9.82. The Kier molecular flexibility index (Phi) is 8.00. The first kappa shape index (κ1) is 26.5. The van der Waals surface area contributed by atoms with Crippen molar-refractivity contribution in [3.8, 4) is 5.69 Å². The summed E-state index contributed by atoms with van der Waals surface area (Å²) in [5, 5.41) is 30.2. The zero-order chi connectivity index (χ0) is 26.7. The SMILES string of the molecule is CC(=O)N(C)c1nc([C@H]2CCCN2C(=O)[C@H](O)[C@@H](O)C(=O)N[C@H](C)c2ccc(-n3cccn3)cc2)cs1. The highest BCUT2D eigenvalue weighted by Crippen LogP contribution is 2.35. The number of benzene rings is 1. The van der Waals surface area contributed by atoms with Gasteiger partial charge >= 0.3 is 0 Å². The Morgan fingerprint density at radius 3 is 2.57 bits per heavy atom. The molecular weight excluding hydrogens is 496 g/mol. The van der Waals surface area contributed by atoms with Crippen molar-refractivity contribution in [1.29, 1.82) is 0 Å². The van der Waals surface area contributed by atoms with Gasteiger partial charge in [-0.05, 0) is 43.5 Å². The molecule has 3 amide bonds. The van der Waals surface area contributed by atoms with Crippen molar-refractivity contribution in [2.75, 3.05) is 18.5 Å². The molecule has 0 aliphatic carbocycles. The van der Waals surface area contributed by atoms with Crippen molar-refractivity contribution in [3.63, 3.8) is 0 Å². The number of anilines is 1. The average Bonchev–Trinajstić information content (AvgIpc) is 3.68. The van der Waals surface area contributed by atoms with Crippen LogP contribution in [-0.4, -0.2) is 73.4 Å². The van der Waals surface area contributed by atoms with Crippen LogP contribution in [0.4, 0.5) is 5.13 Å². The van der Waals surface area contributed by atoms with Gasteiger partial charge in [0, 0.05) is 38.3 Å². The molecule has 0 radical (unpaired) electrons. The van der Waals surface area contributed by atoms with Crippen LogP contribution in [0.1, 0.15) is 50.0 Å². The van der Waals surface area contributed by atoms with Crippen LogP contribution in [-0.2, 0) is 14.4 Å². The number of aliphatic hydroxyl groups excluding tert-OH is 2. The fourth-order valence-corrected chi connectivity index (χ4v) is 5.10. The van der Waals surface area contributed by atoms with E-state index in [4.69, 9.17) is 0 Å². The van der Waals surface area contributed by atoms with Crippen molar-refractivity contribution in [1.82, 2.24) is 25.0 Å². The summed E-state index contributed by atoms with van der Waals surface area (Å²) in [7, 11) is 1.62. The molecule has 1 aliphatic heterocycles. The molecule has 2 aromatic heterocycles. The minimum Gasteiger partial charge on any atom is -0.380 e. The molecule has 12 heteroatoms. The van der Waals surface area contributed by atoms with E-state index in [9.17, 15) is 24.6 Å². The van der Waals surface area contributed by atoms with Gasteiger partial charge in [0.1, 0.15) is 0 Å². The molecule has 1 aliphatic rings. The van der Waals surface area contributed by atoms with E-state index in [1.807, 2.05) is 36.5 Å². The molecule has 3 N–H and O–H groups in total. The Balaban J connectivity index is 1.37. The van der Waals surface area contributed by atoms with Crippen molar-refractivity contribution >= 4 is 34.2 Å². The molecule has 4 rings (SSSR count). The van der Waals surface area contributed by atoms with Gasteiger partial charge in [-0.1, -0.05) is 12.1 Å². The molecule has 0 bridgehead atoms. The molecule has 3 aromatic rings. The number of thiazole rings is 1. The van der Waals surface area contributed by atoms with E-state index in [1.54, 1.807) is 30.2 Å². The van der Waals surface area contributed by atoms with Crippen LogP contribution in [0.15, 0.2) is 48.1 Å². The third kappa shape index (κ3) is 5.71. The molecular formula is C25H30N6O5S. The lowest BCUT2D eigenvalue weighted by Gasteiger charge is -2.28. The average molecular weight is 527 g/mol. The number of hydrogen-bond donors (Lipinski definition) is 3. The van der Waals surface area contributed by atoms with Gasteiger partial charge in [0.05, 0.1) is 23.5 Å². The van der Waals surface area contributed by atoms with Gasteiger partial charge in [-0.3, -0.25) is 19.3 Å². The maximum atomic E-state index is 13.1. The molecule has 37 heavy (non-hydrogen) atoms. The number of aromatic nitrogens is 3. The maximum Gasteiger partial charge on any atom is 0.255 e. The van der Waals surface area contributed by atoms with Crippen LogP contribution < -0.4 is 10.2 Å². The highest BCUT2D eigenvalue weighted by Gasteiger charge is 2.39. The molecule has 1 saturated heterocycles. The molecule has 1 fully saturated rings. The largest absolute Gasteiger partial charge is 0.380 e. The Morgan fingerprint density at radius 1 is 1.19 bits per heavy atom. The van der Waals surface area contributed by atoms with Gasteiger partial charge < -0.3 is 20.4 Å². The fraction of sp³-hybridized carbons (Fsp3) is 0.400. The smallest absolute Gasteiger partial charge is 0.255 e. The van der Waals surface area contributed by atoms with E-state index in [2.05, 4.69) is 15.4 Å². The quantitative estimate of drug-likeness (QED) is 0.405. The van der Waals surface area contributed by atoms with Crippen molar-refractivity contribution in [3.05, 3.63) is 59.4 Å². The van der Waals surface area contributed by atoms with Crippen molar-refractivity contribution < 1.29 is 24.6 Å². The Hall–Kier alpha value is -3.61. The number of nitrogens with zero attached hydrogens (tertiary/aromatic N) is 5. The van der Waals surface area contributed by atoms with E-state index < -0.39 is 36.1 Å². The van der Waals surface area contributed by atoms with Crippen LogP contribution in [0.3, 0.4) is 0 Å². The topological polar surface area (TPSA) is 141 Å². The van der Waals surface area contributed by atoms with E-state index in [-0.39, 0.29) is 5.91 Å². The summed E-state index contributed by atoms with van der Waals surface area (Å²) in [5.41, 5.74) is 2.25. The zero-order valence-corrected chi connectivity index (χ0v) is 21.6. The number of carbonyl (C=O) groups is 3. The van der Waals surface area contributed by atoms with Crippen LogP contribution in [0, 0.1) is 0 Å². The molecule has 4 atom stereocenters. The summed E-state index contributed by atoms with van der Waals surface area (Å²) in [5.74, 6) is -1.75. The number of rotatable bonds is 8. The Bertz CT molecular complexity index is 1240. The fourth-order valence-electron chi connectivity index (χ4n) is 4.22. The van der Waals surface area contributed by atoms with Crippen LogP contribution in [0.5, 0.6) is 0 Å². The second kappa shape index (κ2) is 11.2. The summed E-state index contributed by atoms with van der Waals surface area (Å²) in [6.07, 6.45) is 0.947. The lowest BCUT2D eigenvalue weighted by atomic mass is 10.1. The van der Waals surface area contributed by atoms with Gasteiger partial charge in [-0.25, -0.2) is 9.67 Å². The molecule has 1 aromatic carbocycles. The van der Waals surface area contributed by atoms with Crippen LogP contribution >= 0.6 is 11.3 Å². The number of hydrogen-bond acceptors (Lipinski definition) is 8. The summed E-state index contributed by atoms with van der Waals surface area (Å²) < 4.78 is 1.71.